The molecule has 2 saturated heterocycles. The Balaban J connectivity index is 1.74. The smallest absolute Gasteiger partial charge is 0.244 e. The van der Waals surface area contributed by atoms with Gasteiger partial charge in [0.2, 0.25) is 11.8 Å². The van der Waals surface area contributed by atoms with Gasteiger partial charge in [0.1, 0.15) is 0 Å². The van der Waals surface area contributed by atoms with E-state index < -0.39 is 0 Å². The van der Waals surface area contributed by atoms with Gasteiger partial charge in [0.25, 0.3) is 0 Å². The van der Waals surface area contributed by atoms with Gasteiger partial charge in [-0.2, -0.15) is 0 Å². The van der Waals surface area contributed by atoms with Crippen LogP contribution in [0.25, 0.3) is 0 Å². The van der Waals surface area contributed by atoms with Crippen molar-refractivity contribution in [2.45, 2.75) is 18.9 Å². The molecule has 0 saturated carbocycles. The number of ether oxygens (including phenoxy) is 1. The molecule has 5 nitrogen and oxygen atoms in total. The normalized spacial score (nSPS) is 32.3. The summed E-state index contributed by atoms with van der Waals surface area (Å²) in [6.07, 6.45) is 1.31. The zero-order valence-corrected chi connectivity index (χ0v) is 7.91. The lowest BCUT2D eigenvalue weighted by Gasteiger charge is -2.12. The van der Waals surface area contributed by atoms with Crippen LogP contribution in [0.5, 0.6) is 0 Å². The first-order valence-electron chi connectivity index (χ1n) is 4.90. The maximum absolute atomic E-state index is 11.2. The van der Waals surface area contributed by atoms with Gasteiger partial charge in [0, 0.05) is 13.2 Å². The molecule has 2 fully saturated rings. The van der Waals surface area contributed by atoms with Crippen LogP contribution in [0.15, 0.2) is 0 Å². The fraction of sp³-hybridized carbons (Fsp3) is 0.778. The van der Waals surface area contributed by atoms with E-state index in [1.807, 2.05) is 0 Å². The third-order valence-electron chi connectivity index (χ3n) is 2.65. The third kappa shape index (κ3) is 2.10. The molecule has 2 atom stereocenters. The van der Waals surface area contributed by atoms with Gasteiger partial charge >= 0.3 is 0 Å². The summed E-state index contributed by atoms with van der Waals surface area (Å²) >= 11 is 0. The van der Waals surface area contributed by atoms with Crippen molar-refractivity contribution in [2.24, 2.45) is 5.92 Å². The largest absolute Gasteiger partial charge is 0.381 e. The molecule has 2 aliphatic rings. The van der Waals surface area contributed by atoms with Crippen LogP contribution in [0.2, 0.25) is 0 Å². The Morgan fingerprint density at radius 2 is 2.36 bits per heavy atom. The number of carbonyl (C=O) groups excluding carboxylic acids is 2. The molecule has 2 aliphatic heterocycles. The molecule has 0 aliphatic carbocycles. The monoisotopic (exact) mass is 198 g/mol. The molecule has 0 aromatic heterocycles. The summed E-state index contributed by atoms with van der Waals surface area (Å²) in [6.45, 7) is 2.32. The standard InChI is InChI=1S/C9H14N2O3/c12-8-3-7(9(13)11-8)10-4-6-1-2-14-5-6/h6-7,10H,1-5H2,(H,11,12,13). The van der Waals surface area contributed by atoms with Crippen molar-refractivity contribution in [3.8, 4) is 0 Å². The Morgan fingerprint density at radius 3 is 2.93 bits per heavy atom. The Morgan fingerprint density at radius 1 is 1.50 bits per heavy atom. The molecule has 0 spiro atoms. The molecule has 2 rings (SSSR count). The van der Waals surface area contributed by atoms with Gasteiger partial charge in [-0.05, 0) is 12.3 Å². The van der Waals surface area contributed by atoms with Gasteiger partial charge < -0.3 is 10.1 Å². The first-order valence-corrected chi connectivity index (χ1v) is 4.90. The summed E-state index contributed by atoms with van der Waals surface area (Å²) in [5, 5.41) is 5.36. The average molecular weight is 198 g/mol. The lowest BCUT2D eigenvalue weighted by atomic mass is 10.1. The number of imide groups is 1. The highest BCUT2D eigenvalue weighted by Gasteiger charge is 2.30. The van der Waals surface area contributed by atoms with E-state index >= 15 is 0 Å². The highest BCUT2D eigenvalue weighted by molar-refractivity contribution is 6.05. The topological polar surface area (TPSA) is 67.4 Å². The third-order valence-corrected chi connectivity index (χ3v) is 2.65. The van der Waals surface area contributed by atoms with Crippen LogP contribution in [-0.4, -0.2) is 37.6 Å². The van der Waals surface area contributed by atoms with Crippen molar-refractivity contribution >= 4 is 11.8 Å². The first-order chi connectivity index (χ1) is 6.75. The highest BCUT2D eigenvalue weighted by atomic mass is 16.5. The van der Waals surface area contributed by atoms with Crippen molar-refractivity contribution in [3.63, 3.8) is 0 Å². The van der Waals surface area contributed by atoms with Gasteiger partial charge in [-0.25, -0.2) is 0 Å². The highest BCUT2D eigenvalue weighted by Crippen LogP contribution is 2.11. The molecule has 2 N–H and O–H groups in total. The Kier molecular flexibility index (Phi) is 2.79. The minimum Gasteiger partial charge on any atom is -0.381 e. The van der Waals surface area contributed by atoms with Gasteiger partial charge in [-0.3, -0.25) is 14.9 Å². The van der Waals surface area contributed by atoms with E-state index in [4.69, 9.17) is 4.74 Å². The fourth-order valence-electron chi connectivity index (χ4n) is 1.77. The molecule has 0 bridgehead atoms. The van der Waals surface area contributed by atoms with Crippen LogP contribution in [0.1, 0.15) is 12.8 Å². The minimum absolute atomic E-state index is 0.185. The van der Waals surface area contributed by atoms with Crippen LogP contribution < -0.4 is 10.6 Å². The molecule has 2 heterocycles. The molecular formula is C9H14N2O3. The zero-order chi connectivity index (χ0) is 9.97. The summed E-state index contributed by atoms with van der Waals surface area (Å²) < 4.78 is 5.21. The van der Waals surface area contributed by atoms with Crippen molar-refractivity contribution in [2.75, 3.05) is 19.8 Å². The molecule has 2 unspecified atom stereocenters. The fourth-order valence-corrected chi connectivity index (χ4v) is 1.77. The summed E-state index contributed by atoms with van der Waals surface area (Å²) in [6, 6.07) is -0.330. The SMILES string of the molecule is O=C1CC(NCC2CCOC2)C(=O)N1. The van der Waals surface area contributed by atoms with E-state index in [1.165, 1.54) is 0 Å². The molecule has 0 aromatic rings. The maximum Gasteiger partial charge on any atom is 0.244 e. The zero-order valence-electron chi connectivity index (χ0n) is 7.91. The first kappa shape index (κ1) is 9.61. The van der Waals surface area contributed by atoms with E-state index in [1.54, 1.807) is 0 Å². The van der Waals surface area contributed by atoms with Crippen molar-refractivity contribution < 1.29 is 14.3 Å². The predicted molar refractivity (Wildman–Crippen MR) is 48.5 cm³/mol. The number of carbonyl (C=O) groups is 2. The number of amides is 2. The van der Waals surface area contributed by atoms with Crippen molar-refractivity contribution in [3.05, 3.63) is 0 Å². The van der Waals surface area contributed by atoms with Crippen LogP contribution in [-0.2, 0) is 14.3 Å². The average Bonchev–Trinajstić information content (AvgIpc) is 2.72. The summed E-state index contributed by atoms with van der Waals surface area (Å²) in [7, 11) is 0. The lowest BCUT2D eigenvalue weighted by Crippen LogP contribution is -2.39. The van der Waals surface area contributed by atoms with E-state index in [-0.39, 0.29) is 24.3 Å². The quantitative estimate of drug-likeness (QED) is 0.572. The number of rotatable bonds is 3. The van der Waals surface area contributed by atoms with Gasteiger partial charge in [0.15, 0.2) is 0 Å². The van der Waals surface area contributed by atoms with E-state index in [9.17, 15) is 9.59 Å². The summed E-state index contributed by atoms with van der Waals surface area (Å²) in [4.78, 5) is 22.0. The van der Waals surface area contributed by atoms with Crippen LogP contribution in [0.3, 0.4) is 0 Å². The minimum atomic E-state index is -0.330. The number of hydrogen-bond acceptors (Lipinski definition) is 4. The van der Waals surface area contributed by atoms with Gasteiger partial charge in [0.05, 0.1) is 19.1 Å². The molecule has 5 heteroatoms. The van der Waals surface area contributed by atoms with Crippen LogP contribution in [0.4, 0.5) is 0 Å². The Bertz CT molecular complexity index is 248. The summed E-state index contributed by atoms with van der Waals surface area (Å²) in [5.74, 6) is 0.0996. The van der Waals surface area contributed by atoms with Gasteiger partial charge in [-0.1, -0.05) is 0 Å². The van der Waals surface area contributed by atoms with E-state index in [0.717, 1.165) is 26.2 Å². The lowest BCUT2D eigenvalue weighted by molar-refractivity contribution is -0.125. The second-order valence-electron chi connectivity index (χ2n) is 3.81. The van der Waals surface area contributed by atoms with E-state index in [2.05, 4.69) is 10.6 Å². The Labute approximate surface area is 82.2 Å². The maximum atomic E-state index is 11.2. The second kappa shape index (κ2) is 4.06. The number of hydrogen-bond donors (Lipinski definition) is 2. The van der Waals surface area contributed by atoms with Gasteiger partial charge in [-0.15, -0.1) is 0 Å². The molecule has 0 radical (unpaired) electrons. The molecular weight excluding hydrogens is 184 g/mol. The molecule has 78 valence electrons. The van der Waals surface area contributed by atoms with Crippen molar-refractivity contribution in [1.29, 1.82) is 0 Å². The Hall–Kier alpha value is -0.940. The molecule has 0 aromatic carbocycles. The molecule has 2 amide bonds. The number of nitrogens with one attached hydrogen (secondary N) is 2. The predicted octanol–water partition coefficient (Wildman–Crippen LogP) is -0.972. The summed E-state index contributed by atoms with van der Waals surface area (Å²) in [5.41, 5.74) is 0. The van der Waals surface area contributed by atoms with Crippen LogP contribution >= 0.6 is 0 Å². The molecule has 14 heavy (non-hydrogen) atoms. The second-order valence-corrected chi connectivity index (χ2v) is 3.81. The van der Waals surface area contributed by atoms with E-state index in [0.29, 0.717) is 5.92 Å². The van der Waals surface area contributed by atoms with Crippen molar-refractivity contribution in [1.82, 2.24) is 10.6 Å². The van der Waals surface area contributed by atoms with Crippen LogP contribution in [0, 0.1) is 5.92 Å².